The average Bonchev–Trinajstić information content (AvgIpc) is 3.51. The fraction of sp³-hybridized carbons (Fsp3) is 0.432. The number of benzene rings is 7. The molecule has 0 radical (unpaired) electrons. The lowest BCUT2D eigenvalue weighted by atomic mass is 9.79. The second-order valence-corrected chi connectivity index (χ2v) is 30.2. The topological polar surface area (TPSA) is 143 Å². The van der Waals surface area contributed by atoms with Crippen molar-refractivity contribution < 1.29 is 34.8 Å². The predicted molar refractivity (Wildman–Crippen MR) is 336 cm³/mol. The molecule has 9 heteroatoms. The van der Waals surface area contributed by atoms with Gasteiger partial charge in [0.15, 0.2) is 0 Å². The van der Waals surface area contributed by atoms with Crippen LogP contribution in [0.1, 0.15) is 236 Å². The van der Waals surface area contributed by atoms with E-state index in [4.69, 9.17) is 9.47 Å². The van der Waals surface area contributed by atoms with Crippen molar-refractivity contribution in [3.8, 4) is 34.5 Å². The first-order chi connectivity index (χ1) is 38.3. The lowest BCUT2D eigenvalue weighted by Crippen LogP contribution is -2.17. The van der Waals surface area contributed by atoms with Crippen molar-refractivity contribution in [3.63, 3.8) is 0 Å². The highest BCUT2D eigenvalue weighted by molar-refractivity contribution is 5.61. The minimum Gasteiger partial charge on any atom is -0.507 e. The van der Waals surface area contributed by atoms with Gasteiger partial charge in [0, 0.05) is 50.7 Å². The maximum atomic E-state index is 12.9. The van der Waals surface area contributed by atoms with E-state index in [2.05, 4.69) is 197 Å². The Labute approximate surface area is 493 Å². The number of non-ortho nitro benzene ring substituents is 1. The highest BCUT2D eigenvalue weighted by Gasteiger charge is 2.31. The van der Waals surface area contributed by atoms with Gasteiger partial charge in [0.2, 0.25) is 0 Å². The standard InChI is InChI=1S/C74H89NO8/c1-69(2,3)56-28-44-22-45-29-57(70(4,5)6)31-47(64(45)77)24-49-33-59(72(10,11)12)35-51(66(49)79)26-53-37-61(74(16,17)18)39-55-27-54-38-60(73(13,14)15)36-52(67(54)82-40-42-19-43(41-83-68(53)55)21-62(20-42)75(80)81)25-50-34-58(71(7,8)9)32-48(65(50)78)23-46(30-56)63(44)76/h19-21,28-39,76-79H,22-27,40-41H2,1-18H3. The number of hydrogen-bond acceptors (Lipinski definition) is 8. The van der Waals surface area contributed by atoms with E-state index < -0.39 is 0 Å². The second kappa shape index (κ2) is 21.4. The molecule has 0 unspecified atom stereocenters. The van der Waals surface area contributed by atoms with Gasteiger partial charge in [-0.1, -0.05) is 197 Å². The van der Waals surface area contributed by atoms with Crippen LogP contribution < -0.4 is 9.47 Å². The van der Waals surface area contributed by atoms with Crippen LogP contribution in [-0.2, 0) is 84.2 Å². The van der Waals surface area contributed by atoms with E-state index in [-0.39, 0.29) is 111 Å². The fourth-order valence-electron chi connectivity index (χ4n) is 11.7. The van der Waals surface area contributed by atoms with E-state index >= 15 is 0 Å². The molecular formula is C74H89NO8. The molecule has 7 aromatic rings. The summed E-state index contributed by atoms with van der Waals surface area (Å²) in [7, 11) is 0. The van der Waals surface area contributed by atoms with Crippen molar-refractivity contribution >= 4 is 5.69 Å². The maximum absolute atomic E-state index is 12.9. The molecule has 16 bridgehead atoms. The molecule has 83 heavy (non-hydrogen) atoms. The van der Waals surface area contributed by atoms with Gasteiger partial charge in [-0.2, -0.15) is 0 Å². The molecule has 2 aliphatic rings. The van der Waals surface area contributed by atoms with Crippen LogP contribution in [-0.4, -0.2) is 25.3 Å². The average molecular weight is 1120 g/mol. The van der Waals surface area contributed by atoms with Crippen molar-refractivity contribution in [3.05, 3.63) is 212 Å². The van der Waals surface area contributed by atoms with Gasteiger partial charge in [0.05, 0.1) is 4.92 Å². The van der Waals surface area contributed by atoms with E-state index in [1.807, 2.05) is 6.07 Å². The summed E-state index contributed by atoms with van der Waals surface area (Å²) >= 11 is 0. The molecule has 7 aromatic carbocycles. The van der Waals surface area contributed by atoms with E-state index in [0.29, 0.717) is 73.6 Å². The number of fused-ring (bicyclic) bond motifs is 10. The lowest BCUT2D eigenvalue weighted by molar-refractivity contribution is -0.385. The summed E-state index contributed by atoms with van der Waals surface area (Å²) in [5.41, 5.74) is 14.2. The highest BCUT2D eigenvalue weighted by Crippen LogP contribution is 2.46. The Morgan fingerprint density at radius 2 is 0.494 bits per heavy atom. The van der Waals surface area contributed by atoms with Gasteiger partial charge in [-0.05, 0) is 150 Å². The van der Waals surface area contributed by atoms with Gasteiger partial charge in [-0.25, -0.2) is 0 Å². The zero-order chi connectivity index (χ0) is 60.8. The molecule has 4 N–H and O–H groups in total. The van der Waals surface area contributed by atoms with Crippen LogP contribution in [0, 0.1) is 10.1 Å². The van der Waals surface area contributed by atoms with Crippen molar-refractivity contribution in [1.29, 1.82) is 0 Å². The molecule has 438 valence electrons. The number of nitro benzene ring substituents is 1. The molecule has 0 spiro atoms. The van der Waals surface area contributed by atoms with E-state index in [0.717, 1.165) is 55.6 Å². The predicted octanol–water partition coefficient (Wildman–Crippen LogP) is 17.5. The van der Waals surface area contributed by atoms with Crippen LogP contribution in [0.4, 0.5) is 5.69 Å². The molecule has 1 aliphatic heterocycles. The first kappa shape index (κ1) is 60.3. The fourth-order valence-corrected chi connectivity index (χ4v) is 11.7. The minimum absolute atomic E-state index is 0.0410. The van der Waals surface area contributed by atoms with Crippen LogP contribution in [0.5, 0.6) is 34.5 Å². The van der Waals surface area contributed by atoms with Gasteiger partial charge in [0.1, 0.15) is 47.7 Å². The Balaban J connectivity index is 1.42. The molecule has 0 atom stereocenters. The molecule has 1 heterocycles. The van der Waals surface area contributed by atoms with Gasteiger partial charge < -0.3 is 29.9 Å². The first-order valence-electron chi connectivity index (χ1n) is 29.6. The number of nitro groups is 1. The summed E-state index contributed by atoms with van der Waals surface area (Å²) in [5, 5.41) is 63.8. The third-order valence-electron chi connectivity index (χ3n) is 17.1. The van der Waals surface area contributed by atoms with Crippen LogP contribution >= 0.6 is 0 Å². The third-order valence-corrected chi connectivity index (χ3v) is 17.1. The van der Waals surface area contributed by atoms with Crippen molar-refractivity contribution in [2.24, 2.45) is 0 Å². The van der Waals surface area contributed by atoms with Crippen LogP contribution in [0.25, 0.3) is 0 Å². The van der Waals surface area contributed by atoms with Crippen molar-refractivity contribution in [1.82, 2.24) is 0 Å². The molecular weight excluding hydrogens is 1030 g/mol. The molecule has 0 saturated heterocycles. The highest BCUT2D eigenvalue weighted by atomic mass is 16.6. The Bertz CT molecular complexity index is 3470. The third kappa shape index (κ3) is 13.0. The van der Waals surface area contributed by atoms with E-state index in [1.165, 1.54) is 0 Å². The maximum Gasteiger partial charge on any atom is 0.270 e. The van der Waals surface area contributed by atoms with E-state index in [1.54, 1.807) is 12.1 Å². The van der Waals surface area contributed by atoms with Gasteiger partial charge in [-0.3, -0.25) is 10.1 Å². The summed E-state index contributed by atoms with van der Waals surface area (Å²) in [4.78, 5) is 12.3. The quantitative estimate of drug-likeness (QED) is 0.0940. The number of ether oxygens (including phenoxy) is 2. The smallest absolute Gasteiger partial charge is 0.270 e. The molecule has 9 nitrogen and oxygen atoms in total. The summed E-state index contributed by atoms with van der Waals surface area (Å²) in [5.74, 6) is 1.71. The first-order valence-corrected chi connectivity index (χ1v) is 29.6. The molecule has 0 saturated carbocycles. The van der Waals surface area contributed by atoms with Crippen molar-refractivity contribution in [2.75, 3.05) is 0 Å². The monoisotopic (exact) mass is 1120 g/mol. The van der Waals surface area contributed by atoms with Crippen molar-refractivity contribution in [2.45, 2.75) is 209 Å². The van der Waals surface area contributed by atoms with Gasteiger partial charge >= 0.3 is 0 Å². The second-order valence-electron chi connectivity index (χ2n) is 30.2. The number of nitrogens with zero attached hydrogens (tertiary/aromatic N) is 1. The van der Waals surface area contributed by atoms with Gasteiger partial charge in [0.25, 0.3) is 5.69 Å². The molecule has 1 aliphatic carbocycles. The number of phenolic OH excluding ortho intramolecular Hbond substituents is 4. The number of aromatic hydroxyl groups is 4. The Kier molecular flexibility index (Phi) is 15.6. The largest absolute Gasteiger partial charge is 0.507 e. The van der Waals surface area contributed by atoms with Crippen LogP contribution in [0.15, 0.2) is 91.0 Å². The summed E-state index contributed by atoms with van der Waals surface area (Å²) in [6.07, 6.45) is 1.62. The zero-order valence-corrected chi connectivity index (χ0v) is 52.7. The molecule has 0 aromatic heterocycles. The normalized spacial score (nSPS) is 14.5. The zero-order valence-electron chi connectivity index (χ0n) is 52.7. The van der Waals surface area contributed by atoms with Crippen LogP contribution in [0.2, 0.25) is 0 Å². The number of hydrogen-bond donors (Lipinski definition) is 4. The van der Waals surface area contributed by atoms with E-state index in [9.17, 15) is 30.5 Å². The Morgan fingerprint density at radius 3 is 0.687 bits per heavy atom. The molecule has 9 rings (SSSR count). The summed E-state index contributed by atoms with van der Waals surface area (Å²) < 4.78 is 14.2. The summed E-state index contributed by atoms with van der Waals surface area (Å²) in [6, 6.07) is 30.4. The minimum atomic E-state index is -0.378. The lowest BCUT2D eigenvalue weighted by Gasteiger charge is -2.28. The van der Waals surface area contributed by atoms with Gasteiger partial charge in [-0.15, -0.1) is 0 Å². The number of rotatable bonds is 1. The molecule has 0 amide bonds. The SMILES string of the molecule is CC(C)(C)c1cc2c(O)c(c1)Cc1cc(C(C)(C)C)cc(c1O)Cc1cc(C(C)(C)C)cc3c1OCc1cc(cc([N+](=O)[O-])c1)COc1c(cc(C(C)(C)C)cc1C3)Cc1cc(C(C)(C)C)cc(c1O)Cc1cc(C(C)(C)C)cc(c1O)C2. The Hall–Kier alpha value is -7.26. The van der Waals surface area contributed by atoms with Crippen LogP contribution in [0.3, 0.4) is 0 Å². The number of phenols is 4. The summed E-state index contributed by atoms with van der Waals surface area (Å²) in [6.45, 7) is 39.2. The molecule has 0 fully saturated rings. The Morgan fingerprint density at radius 1 is 0.313 bits per heavy atom.